The largest absolute Gasteiger partial charge is 0.350 e. The van der Waals surface area contributed by atoms with Gasteiger partial charge in [-0.25, -0.2) is 0 Å². The summed E-state index contributed by atoms with van der Waals surface area (Å²) in [5, 5.41) is 11.9. The highest BCUT2D eigenvalue weighted by molar-refractivity contribution is 5.85. The molecule has 0 radical (unpaired) electrons. The van der Waals surface area contributed by atoms with Crippen LogP contribution in [-0.2, 0) is 4.79 Å². The van der Waals surface area contributed by atoms with Crippen molar-refractivity contribution in [1.82, 2.24) is 5.32 Å². The monoisotopic (exact) mass is 210 g/mol. The molecule has 0 aromatic heterocycles. The van der Waals surface area contributed by atoms with E-state index in [0.29, 0.717) is 6.42 Å². The molecule has 0 aliphatic heterocycles. The van der Waals surface area contributed by atoms with E-state index in [2.05, 4.69) is 18.3 Å². The molecule has 1 N–H and O–H groups in total. The van der Waals surface area contributed by atoms with Gasteiger partial charge in [0, 0.05) is 5.54 Å². The van der Waals surface area contributed by atoms with Crippen LogP contribution in [0.4, 0.5) is 0 Å². The van der Waals surface area contributed by atoms with E-state index in [0.717, 1.165) is 12.8 Å². The second kappa shape index (κ2) is 5.16. The second-order valence-electron chi connectivity index (χ2n) is 4.89. The van der Waals surface area contributed by atoms with Crippen molar-refractivity contribution >= 4 is 5.91 Å². The number of nitrogens with zero attached hydrogens (tertiary/aromatic N) is 1. The van der Waals surface area contributed by atoms with Gasteiger partial charge in [0.05, 0.1) is 6.07 Å². The van der Waals surface area contributed by atoms with E-state index in [1.165, 1.54) is 0 Å². The van der Waals surface area contributed by atoms with Crippen molar-refractivity contribution in [2.24, 2.45) is 5.41 Å². The van der Waals surface area contributed by atoms with Crippen LogP contribution in [0.2, 0.25) is 0 Å². The van der Waals surface area contributed by atoms with Gasteiger partial charge >= 0.3 is 0 Å². The van der Waals surface area contributed by atoms with Crippen LogP contribution < -0.4 is 5.32 Å². The maximum atomic E-state index is 11.9. The van der Waals surface area contributed by atoms with Crippen molar-refractivity contribution in [3.63, 3.8) is 0 Å². The fourth-order valence-electron chi connectivity index (χ4n) is 1.42. The zero-order valence-electron chi connectivity index (χ0n) is 10.5. The Kier molecular flexibility index (Phi) is 4.80. The van der Waals surface area contributed by atoms with Gasteiger partial charge in [0.25, 0.3) is 0 Å². The Morgan fingerprint density at radius 1 is 1.33 bits per heavy atom. The van der Waals surface area contributed by atoms with Gasteiger partial charge in [-0.3, -0.25) is 4.79 Å². The van der Waals surface area contributed by atoms with E-state index in [9.17, 15) is 4.79 Å². The number of nitriles is 1. The molecule has 0 aliphatic rings. The summed E-state index contributed by atoms with van der Waals surface area (Å²) in [6.45, 7) is 9.60. The van der Waals surface area contributed by atoms with E-state index >= 15 is 0 Å². The van der Waals surface area contributed by atoms with Gasteiger partial charge in [0.1, 0.15) is 5.41 Å². The third kappa shape index (κ3) is 3.91. The molecule has 0 rings (SSSR count). The zero-order chi connectivity index (χ0) is 12.1. The number of nitrogens with one attached hydrogen (secondary N) is 1. The molecule has 0 saturated carbocycles. The smallest absolute Gasteiger partial charge is 0.240 e. The number of carbonyl (C=O) groups excluding carboxylic acids is 1. The van der Waals surface area contributed by atoms with Crippen LogP contribution in [0, 0.1) is 16.7 Å². The van der Waals surface area contributed by atoms with Crippen molar-refractivity contribution in [1.29, 1.82) is 5.26 Å². The van der Waals surface area contributed by atoms with Crippen LogP contribution in [0.15, 0.2) is 0 Å². The van der Waals surface area contributed by atoms with Crippen LogP contribution in [0.5, 0.6) is 0 Å². The molecule has 0 aliphatic carbocycles. The second-order valence-corrected chi connectivity index (χ2v) is 4.89. The lowest BCUT2D eigenvalue weighted by atomic mass is 9.86. The van der Waals surface area contributed by atoms with E-state index in [1.54, 1.807) is 6.92 Å². The highest BCUT2D eigenvalue weighted by Crippen LogP contribution is 2.22. The first kappa shape index (κ1) is 14.0. The standard InChI is InChI=1S/C12H22N2O/c1-6-8-11(3,4)14-10(15)12(5,7-2)9-13/h6-8H2,1-5H3,(H,14,15). The van der Waals surface area contributed by atoms with Gasteiger partial charge in [-0.05, 0) is 33.6 Å². The lowest BCUT2D eigenvalue weighted by Crippen LogP contribution is -2.49. The SMILES string of the molecule is CCCC(C)(C)NC(=O)C(C)(C#N)CC. The summed E-state index contributed by atoms with van der Waals surface area (Å²) in [5.74, 6) is -0.161. The summed E-state index contributed by atoms with van der Waals surface area (Å²) in [7, 11) is 0. The average molecular weight is 210 g/mol. The molecule has 86 valence electrons. The number of carbonyl (C=O) groups is 1. The number of hydrogen-bond acceptors (Lipinski definition) is 2. The molecule has 0 heterocycles. The van der Waals surface area contributed by atoms with Gasteiger partial charge in [-0.15, -0.1) is 0 Å². The Balaban J connectivity index is 4.56. The Morgan fingerprint density at radius 2 is 1.87 bits per heavy atom. The maximum Gasteiger partial charge on any atom is 0.240 e. The molecular formula is C12H22N2O. The molecule has 0 fully saturated rings. The molecule has 3 nitrogen and oxygen atoms in total. The van der Waals surface area contributed by atoms with E-state index in [-0.39, 0.29) is 11.4 Å². The Labute approximate surface area is 92.9 Å². The zero-order valence-corrected chi connectivity index (χ0v) is 10.5. The molecule has 3 heteroatoms. The molecule has 1 amide bonds. The van der Waals surface area contributed by atoms with E-state index < -0.39 is 5.41 Å². The van der Waals surface area contributed by atoms with Crippen molar-refractivity contribution < 1.29 is 4.79 Å². The van der Waals surface area contributed by atoms with Crippen LogP contribution >= 0.6 is 0 Å². The van der Waals surface area contributed by atoms with Crippen LogP contribution in [-0.4, -0.2) is 11.4 Å². The molecule has 0 saturated heterocycles. The molecule has 0 spiro atoms. The molecular weight excluding hydrogens is 188 g/mol. The summed E-state index contributed by atoms with van der Waals surface area (Å²) < 4.78 is 0. The number of amides is 1. The quantitative estimate of drug-likeness (QED) is 0.758. The predicted octanol–water partition coefficient (Wildman–Crippen LogP) is 2.62. The summed E-state index contributed by atoms with van der Waals surface area (Å²) >= 11 is 0. The van der Waals surface area contributed by atoms with Gasteiger partial charge in [0.2, 0.25) is 5.91 Å². The average Bonchev–Trinajstić information content (AvgIpc) is 2.15. The summed E-state index contributed by atoms with van der Waals surface area (Å²) in [6, 6.07) is 2.08. The Hall–Kier alpha value is -1.04. The molecule has 1 atom stereocenters. The van der Waals surface area contributed by atoms with Crippen molar-refractivity contribution in [2.75, 3.05) is 0 Å². The van der Waals surface area contributed by atoms with E-state index in [1.807, 2.05) is 20.8 Å². The highest BCUT2D eigenvalue weighted by Gasteiger charge is 2.34. The minimum atomic E-state index is -0.898. The van der Waals surface area contributed by atoms with Gasteiger partial charge in [-0.2, -0.15) is 5.26 Å². The molecule has 15 heavy (non-hydrogen) atoms. The number of hydrogen-bond donors (Lipinski definition) is 1. The first-order chi connectivity index (χ1) is 6.81. The fraction of sp³-hybridized carbons (Fsp3) is 0.833. The summed E-state index contributed by atoms with van der Waals surface area (Å²) in [5.41, 5.74) is -1.12. The third-order valence-corrected chi connectivity index (χ3v) is 2.78. The minimum Gasteiger partial charge on any atom is -0.350 e. The van der Waals surface area contributed by atoms with E-state index in [4.69, 9.17) is 5.26 Å². The molecule has 0 aromatic rings. The molecule has 0 aromatic carbocycles. The Bertz CT molecular complexity index is 265. The molecule has 0 bridgehead atoms. The van der Waals surface area contributed by atoms with Crippen molar-refractivity contribution in [3.05, 3.63) is 0 Å². The topological polar surface area (TPSA) is 52.9 Å². The van der Waals surface area contributed by atoms with Gasteiger partial charge < -0.3 is 5.32 Å². The normalized spacial score (nSPS) is 15.2. The predicted molar refractivity (Wildman–Crippen MR) is 61.1 cm³/mol. The summed E-state index contributed by atoms with van der Waals surface area (Å²) in [4.78, 5) is 11.9. The first-order valence-electron chi connectivity index (χ1n) is 5.55. The van der Waals surface area contributed by atoms with Crippen LogP contribution in [0.25, 0.3) is 0 Å². The van der Waals surface area contributed by atoms with Crippen molar-refractivity contribution in [2.45, 2.75) is 59.4 Å². The minimum absolute atomic E-state index is 0.161. The molecule has 1 unspecified atom stereocenters. The highest BCUT2D eigenvalue weighted by atomic mass is 16.2. The fourth-order valence-corrected chi connectivity index (χ4v) is 1.42. The van der Waals surface area contributed by atoms with Gasteiger partial charge in [0.15, 0.2) is 0 Å². The number of rotatable bonds is 5. The third-order valence-electron chi connectivity index (χ3n) is 2.78. The maximum absolute atomic E-state index is 11.9. The Morgan fingerprint density at radius 3 is 2.20 bits per heavy atom. The van der Waals surface area contributed by atoms with Gasteiger partial charge in [-0.1, -0.05) is 20.3 Å². The summed E-state index contributed by atoms with van der Waals surface area (Å²) in [6.07, 6.45) is 2.48. The van der Waals surface area contributed by atoms with Crippen molar-refractivity contribution in [3.8, 4) is 6.07 Å². The van der Waals surface area contributed by atoms with Crippen LogP contribution in [0.3, 0.4) is 0 Å². The lowest BCUT2D eigenvalue weighted by molar-refractivity contribution is -0.129. The first-order valence-corrected chi connectivity index (χ1v) is 5.55. The van der Waals surface area contributed by atoms with Crippen LogP contribution in [0.1, 0.15) is 53.9 Å². The lowest BCUT2D eigenvalue weighted by Gasteiger charge is -2.30.